The summed E-state index contributed by atoms with van der Waals surface area (Å²) >= 11 is 0. The van der Waals surface area contributed by atoms with Gasteiger partial charge in [0, 0.05) is 12.1 Å². The number of aryl methyl sites for hydroxylation is 3. The van der Waals surface area contributed by atoms with Gasteiger partial charge in [-0.15, -0.1) is 0 Å². The quantitative estimate of drug-likeness (QED) is 0.774. The predicted octanol–water partition coefficient (Wildman–Crippen LogP) is 2.73. The molecular formula is C15H19N3O. The number of Topliss-reactive ketones (excluding diaryl/α,β-unsaturated/α-hetero) is 1. The number of carbonyl (C=O) groups is 1. The Hall–Kier alpha value is -1.97. The van der Waals surface area contributed by atoms with Gasteiger partial charge in [-0.2, -0.15) is 5.10 Å². The maximum absolute atomic E-state index is 12.4. The molecule has 0 spiro atoms. The number of hydrogen-bond donors (Lipinski definition) is 0. The lowest BCUT2D eigenvalue weighted by molar-refractivity contribution is 0.0988. The second-order valence-electron chi connectivity index (χ2n) is 4.77. The first kappa shape index (κ1) is 13.5. The SMILES string of the molecule is CCCn1ncnc1CC(=O)c1c(C)cccc1C. The van der Waals surface area contributed by atoms with E-state index in [2.05, 4.69) is 17.0 Å². The molecule has 0 fully saturated rings. The van der Waals surface area contributed by atoms with Crippen molar-refractivity contribution < 1.29 is 4.79 Å². The van der Waals surface area contributed by atoms with Crippen LogP contribution in [0.3, 0.4) is 0 Å². The summed E-state index contributed by atoms with van der Waals surface area (Å²) in [4.78, 5) is 16.6. The Kier molecular flexibility index (Phi) is 4.10. The topological polar surface area (TPSA) is 47.8 Å². The Balaban J connectivity index is 2.24. The third-order valence-electron chi connectivity index (χ3n) is 3.21. The molecule has 0 aliphatic rings. The Labute approximate surface area is 113 Å². The van der Waals surface area contributed by atoms with Crippen LogP contribution in [0.15, 0.2) is 24.5 Å². The largest absolute Gasteiger partial charge is 0.294 e. The van der Waals surface area contributed by atoms with Gasteiger partial charge in [0.25, 0.3) is 0 Å². The number of rotatable bonds is 5. The minimum absolute atomic E-state index is 0.112. The van der Waals surface area contributed by atoms with Gasteiger partial charge < -0.3 is 0 Å². The fourth-order valence-corrected chi connectivity index (χ4v) is 2.31. The number of ketones is 1. The molecule has 2 rings (SSSR count). The van der Waals surface area contributed by atoms with E-state index in [1.54, 1.807) is 0 Å². The molecule has 0 saturated carbocycles. The molecule has 0 atom stereocenters. The highest BCUT2D eigenvalue weighted by Gasteiger charge is 2.15. The second kappa shape index (κ2) is 5.78. The predicted molar refractivity (Wildman–Crippen MR) is 74.3 cm³/mol. The molecule has 0 amide bonds. The fourth-order valence-electron chi connectivity index (χ4n) is 2.31. The molecule has 4 heteroatoms. The van der Waals surface area contributed by atoms with Gasteiger partial charge in [-0.3, -0.25) is 4.79 Å². The van der Waals surface area contributed by atoms with E-state index in [0.717, 1.165) is 35.5 Å². The van der Waals surface area contributed by atoms with Gasteiger partial charge in [0.15, 0.2) is 5.78 Å². The van der Waals surface area contributed by atoms with Crippen molar-refractivity contribution in [3.63, 3.8) is 0 Å². The molecule has 100 valence electrons. The van der Waals surface area contributed by atoms with Crippen LogP contribution in [0.5, 0.6) is 0 Å². The summed E-state index contributed by atoms with van der Waals surface area (Å²) < 4.78 is 1.81. The third-order valence-corrected chi connectivity index (χ3v) is 3.21. The van der Waals surface area contributed by atoms with Crippen molar-refractivity contribution in [2.45, 2.75) is 40.2 Å². The average Bonchev–Trinajstić information content (AvgIpc) is 2.77. The van der Waals surface area contributed by atoms with E-state index in [0.29, 0.717) is 6.42 Å². The average molecular weight is 257 g/mol. The Morgan fingerprint density at radius 3 is 2.58 bits per heavy atom. The Bertz CT molecular complexity index is 567. The van der Waals surface area contributed by atoms with Crippen molar-refractivity contribution in [2.75, 3.05) is 0 Å². The van der Waals surface area contributed by atoms with Gasteiger partial charge in [0.05, 0.1) is 6.42 Å². The molecule has 1 aromatic heterocycles. The monoisotopic (exact) mass is 257 g/mol. The minimum Gasteiger partial charge on any atom is -0.294 e. The third kappa shape index (κ3) is 2.89. The van der Waals surface area contributed by atoms with Crippen LogP contribution in [0.25, 0.3) is 0 Å². The Morgan fingerprint density at radius 2 is 1.95 bits per heavy atom. The van der Waals surface area contributed by atoms with Gasteiger partial charge in [-0.05, 0) is 31.4 Å². The van der Waals surface area contributed by atoms with Gasteiger partial charge in [0.1, 0.15) is 12.2 Å². The van der Waals surface area contributed by atoms with E-state index in [9.17, 15) is 4.79 Å². The van der Waals surface area contributed by atoms with Crippen molar-refractivity contribution in [1.82, 2.24) is 14.8 Å². The summed E-state index contributed by atoms with van der Waals surface area (Å²) in [6.45, 7) is 6.82. The standard InChI is InChI=1S/C15H19N3O/c1-4-8-18-14(16-10-17-18)9-13(19)15-11(2)6-5-7-12(15)3/h5-7,10H,4,8-9H2,1-3H3. The molecule has 19 heavy (non-hydrogen) atoms. The molecule has 0 N–H and O–H groups in total. The minimum atomic E-state index is 0.112. The number of benzene rings is 1. The summed E-state index contributed by atoms with van der Waals surface area (Å²) in [5, 5.41) is 4.15. The summed E-state index contributed by atoms with van der Waals surface area (Å²) in [6.07, 6.45) is 2.81. The molecule has 1 aromatic carbocycles. The van der Waals surface area contributed by atoms with Crippen molar-refractivity contribution in [3.05, 3.63) is 47.0 Å². The zero-order valence-corrected chi connectivity index (χ0v) is 11.7. The number of nitrogens with zero attached hydrogens (tertiary/aromatic N) is 3. The van der Waals surface area contributed by atoms with Crippen molar-refractivity contribution >= 4 is 5.78 Å². The second-order valence-corrected chi connectivity index (χ2v) is 4.77. The van der Waals surface area contributed by atoms with E-state index in [1.807, 2.05) is 36.7 Å². The van der Waals surface area contributed by atoms with Crippen LogP contribution in [-0.2, 0) is 13.0 Å². The first-order valence-electron chi connectivity index (χ1n) is 6.59. The van der Waals surface area contributed by atoms with E-state index >= 15 is 0 Å². The zero-order valence-electron chi connectivity index (χ0n) is 11.7. The van der Waals surface area contributed by atoms with Gasteiger partial charge in [-0.1, -0.05) is 25.1 Å². The molecule has 0 bridgehead atoms. The van der Waals surface area contributed by atoms with E-state index in [-0.39, 0.29) is 5.78 Å². The zero-order chi connectivity index (χ0) is 13.8. The summed E-state index contributed by atoms with van der Waals surface area (Å²) in [5.41, 5.74) is 2.85. The molecule has 0 unspecified atom stereocenters. The molecule has 0 aliphatic heterocycles. The molecule has 0 aliphatic carbocycles. The van der Waals surface area contributed by atoms with Gasteiger partial charge >= 0.3 is 0 Å². The highest BCUT2D eigenvalue weighted by Crippen LogP contribution is 2.15. The van der Waals surface area contributed by atoms with Crippen LogP contribution in [0.2, 0.25) is 0 Å². The van der Waals surface area contributed by atoms with Crippen molar-refractivity contribution in [3.8, 4) is 0 Å². The molecule has 0 saturated heterocycles. The van der Waals surface area contributed by atoms with Crippen LogP contribution in [0.1, 0.15) is 40.7 Å². The van der Waals surface area contributed by atoms with Crippen molar-refractivity contribution in [2.24, 2.45) is 0 Å². The maximum Gasteiger partial charge on any atom is 0.170 e. The van der Waals surface area contributed by atoms with Gasteiger partial charge in [0.2, 0.25) is 0 Å². The molecular weight excluding hydrogens is 238 g/mol. The first-order valence-corrected chi connectivity index (χ1v) is 6.59. The number of hydrogen-bond acceptors (Lipinski definition) is 3. The van der Waals surface area contributed by atoms with Crippen LogP contribution in [-0.4, -0.2) is 20.5 Å². The summed E-state index contributed by atoms with van der Waals surface area (Å²) in [7, 11) is 0. The molecule has 0 radical (unpaired) electrons. The van der Waals surface area contributed by atoms with E-state index in [4.69, 9.17) is 0 Å². The van der Waals surface area contributed by atoms with Crippen LogP contribution in [0, 0.1) is 13.8 Å². The molecule has 1 heterocycles. The first-order chi connectivity index (χ1) is 9.13. The maximum atomic E-state index is 12.4. The number of carbonyl (C=O) groups excluding carboxylic acids is 1. The lowest BCUT2D eigenvalue weighted by Crippen LogP contribution is -2.13. The summed E-state index contributed by atoms with van der Waals surface area (Å²) in [6, 6.07) is 5.91. The van der Waals surface area contributed by atoms with Crippen LogP contribution < -0.4 is 0 Å². The lowest BCUT2D eigenvalue weighted by Gasteiger charge is -2.09. The normalized spacial score (nSPS) is 10.7. The lowest BCUT2D eigenvalue weighted by atomic mass is 9.97. The Morgan fingerprint density at radius 1 is 1.26 bits per heavy atom. The highest BCUT2D eigenvalue weighted by molar-refractivity contribution is 5.99. The van der Waals surface area contributed by atoms with Crippen LogP contribution >= 0.6 is 0 Å². The van der Waals surface area contributed by atoms with Gasteiger partial charge in [-0.25, -0.2) is 9.67 Å². The van der Waals surface area contributed by atoms with E-state index in [1.165, 1.54) is 6.33 Å². The van der Waals surface area contributed by atoms with Crippen molar-refractivity contribution in [1.29, 1.82) is 0 Å². The molecule has 2 aromatic rings. The summed E-state index contributed by atoms with van der Waals surface area (Å²) in [5.74, 6) is 0.857. The van der Waals surface area contributed by atoms with Crippen LogP contribution in [0.4, 0.5) is 0 Å². The number of aromatic nitrogens is 3. The molecule has 4 nitrogen and oxygen atoms in total. The smallest absolute Gasteiger partial charge is 0.170 e. The highest BCUT2D eigenvalue weighted by atomic mass is 16.1. The van der Waals surface area contributed by atoms with E-state index < -0.39 is 0 Å². The fraction of sp³-hybridized carbons (Fsp3) is 0.400.